The van der Waals surface area contributed by atoms with Crippen LogP contribution in [0.5, 0.6) is 0 Å². The van der Waals surface area contributed by atoms with Gasteiger partial charge in [0.05, 0.1) is 17.5 Å². The number of imidazole rings is 1. The summed E-state index contributed by atoms with van der Waals surface area (Å²) in [6, 6.07) is -2.22. The van der Waals surface area contributed by atoms with Gasteiger partial charge in [0.2, 0.25) is 16.0 Å². The highest BCUT2D eigenvalue weighted by Crippen LogP contribution is 2.41. The summed E-state index contributed by atoms with van der Waals surface area (Å²) in [5.74, 6) is -8.95. The third-order valence-corrected chi connectivity index (χ3v) is 6.85. The molecular weight excluding hydrogens is 556 g/mol. The van der Waals surface area contributed by atoms with Gasteiger partial charge in [0.15, 0.2) is 11.4 Å². The largest absolute Gasteiger partial charge is 0.354 e. The minimum absolute atomic E-state index is 0.282. The fraction of sp³-hybridized carbons (Fsp3) is 0.238. The Hall–Kier alpha value is -3.73. The van der Waals surface area contributed by atoms with Crippen molar-refractivity contribution in [2.75, 3.05) is 6.01 Å². The maximum atomic E-state index is 15.0. The summed E-state index contributed by atoms with van der Waals surface area (Å²) in [5, 5.41) is 3.11. The van der Waals surface area contributed by atoms with Crippen molar-refractivity contribution in [3.63, 3.8) is 0 Å². The van der Waals surface area contributed by atoms with E-state index in [4.69, 9.17) is 4.52 Å². The van der Waals surface area contributed by atoms with E-state index in [1.807, 2.05) is 0 Å². The first kappa shape index (κ1) is 25.9. The number of nitrogens with one attached hydrogen (secondary N) is 1. The average Bonchev–Trinajstić information content (AvgIpc) is 3.45. The van der Waals surface area contributed by atoms with Gasteiger partial charge in [0, 0.05) is 29.5 Å². The van der Waals surface area contributed by atoms with Crippen LogP contribution in [-0.2, 0) is 22.5 Å². The van der Waals surface area contributed by atoms with Crippen LogP contribution in [0.15, 0.2) is 39.8 Å². The molecule has 1 N–H and O–H groups in total. The maximum Gasteiger partial charge on any atom is 0.334 e. The molecule has 1 atom stereocenters. The van der Waals surface area contributed by atoms with Crippen molar-refractivity contribution in [3.05, 3.63) is 69.7 Å². The van der Waals surface area contributed by atoms with Gasteiger partial charge in [0.25, 0.3) is 6.43 Å². The van der Waals surface area contributed by atoms with Crippen LogP contribution in [0.2, 0.25) is 0 Å². The molecule has 8 nitrogen and oxygen atoms in total. The first-order chi connectivity index (χ1) is 17.7. The standard InChI is InChI=1S/C21H12F8N4O4S/c22-7-38(35,36)31-14-5-32-15(21(14,28)29)6-33(20(32)34)19-17-10(16-11(24)3-9(23)4-12(16)25)1-8(18(26)27)2-13(17)37-30-19/h1-4,6,14,18,31H,5,7H2/t14-/m1/s1. The summed E-state index contributed by atoms with van der Waals surface area (Å²) in [4.78, 5) is 13.0. The predicted octanol–water partition coefficient (Wildman–Crippen LogP) is 4.12. The molecule has 0 saturated carbocycles. The zero-order valence-electron chi connectivity index (χ0n) is 18.4. The van der Waals surface area contributed by atoms with Gasteiger partial charge < -0.3 is 4.52 Å². The molecule has 5 rings (SSSR count). The third kappa shape index (κ3) is 3.96. The number of aromatic nitrogens is 3. The summed E-state index contributed by atoms with van der Waals surface area (Å²) in [7, 11) is -4.73. The van der Waals surface area contributed by atoms with Crippen LogP contribution in [0.3, 0.4) is 0 Å². The quantitative estimate of drug-likeness (QED) is 0.353. The number of halogens is 8. The molecule has 0 spiro atoms. The van der Waals surface area contributed by atoms with Gasteiger partial charge in [-0.3, -0.25) is 4.57 Å². The van der Waals surface area contributed by atoms with Gasteiger partial charge in [-0.05, 0) is 12.1 Å². The van der Waals surface area contributed by atoms with E-state index >= 15 is 0 Å². The molecule has 1 aliphatic rings. The van der Waals surface area contributed by atoms with E-state index in [0.717, 1.165) is 6.07 Å². The molecule has 4 aromatic rings. The van der Waals surface area contributed by atoms with Crippen molar-refractivity contribution >= 4 is 21.0 Å². The molecule has 0 amide bonds. The lowest BCUT2D eigenvalue weighted by atomic mass is 9.97. The lowest BCUT2D eigenvalue weighted by Gasteiger charge is -2.18. The van der Waals surface area contributed by atoms with Gasteiger partial charge in [-0.2, -0.15) is 8.78 Å². The smallest absolute Gasteiger partial charge is 0.334 e. The summed E-state index contributed by atoms with van der Waals surface area (Å²) < 4.78 is 143. The second kappa shape index (κ2) is 8.65. The first-order valence-corrected chi connectivity index (χ1v) is 12.0. The number of rotatable bonds is 6. The molecule has 0 bridgehead atoms. The molecule has 2 aromatic carbocycles. The van der Waals surface area contributed by atoms with E-state index in [1.165, 1.54) is 4.72 Å². The lowest BCUT2D eigenvalue weighted by molar-refractivity contribution is -0.0249. The van der Waals surface area contributed by atoms with Gasteiger partial charge in [-0.15, -0.1) is 0 Å². The number of hydrogen-bond acceptors (Lipinski definition) is 5. The summed E-state index contributed by atoms with van der Waals surface area (Å²) in [6.07, 6.45) is -2.62. The molecule has 0 saturated heterocycles. The van der Waals surface area contributed by atoms with E-state index in [1.54, 1.807) is 0 Å². The Morgan fingerprint density at radius 1 is 1.13 bits per heavy atom. The Labute approximate surface area is 206 Å². The number of nitrogens with zero attached hydrogens (tertiary/aromatic N) is 3. The summed E-state index contributed by atoms with van der Waals surface area (Å²) >= 11 is 0. The molecular formula is C21H12F8N4O4S. The Bertz CT molecular complexity index is 1740. The van der Waals surface area contributed by atoms with Gasteiger partial charge >= 0.3 is 11.6 Å². The highest BCUT2D eigenvalue weighted by atomic mass is 32.2. The van der Waals surface area contributed by atoms with Crippen molar-refractivity contribution in [3.8, 4) is 16.9 Å². The van der Waals surface area contributed by atoms with Crippen molar-refractivity contribution in [1.29, 1.82) is 0 Å². The van der Waals surface area contributed by atoms with Crippen LogP contribution >= 0.6 is 0 Å². The Kier molecular flexibility index (Phi) is 5.90. The number of hydrogen-bond donors (Lipinski definition) is 1. The Morgan fingerprint density at radius 2 is 1.79 bits per heavy atom. The van der Waals surface area contributed by atoms with Crippen LogP contribution in [0.25, 0.3) is 27.9 Å². The molecule has 0 aliphatic carbocycles. The molecule has 0 radical (unpaired) electrons. The van der Waals surface area contributed by atoms with Crippen molar-refractivity contribution in [2.24, 2.45) is 0 Å². The topological polar surface area (TPSA) is 99.1 Å². The van der Waals surface area contributed by atoms with Crippen LogP contribution in [-0.4, -0.2) is 34.8 Å². The highest BCUT2D eigenvalue weighted by Gasteiger charge is 2.52. The average molecular weight is 568 g/mol. The molecule has 3 heterocycles. The highest BCUT2D eigenvalue weighted by molar-refractivity contribution is 7.89. The van der Waals surface area contributed by atoms with Crippen molar-refractivity contribution in [2.45, 2.75) is 24.9 Å². The molecule has 17 heteroatoms. The van der Waals surface area contributed by atoms with Crippen molar-refractivity contribution < 1.29 is 48.1 Å². The zero-order valence-corrected chi connectivity index (χ0v) is 19.2. The summed E-state index contributed by atoms with van der Waals surface area (Å²) in [6.45, 7) is -0.924. The number of sulfonamides is 1. The fourth-order valence-electron chi connectivity index (χ4n) is 4.27. The van der Waals surface area contributed by atoms with Gasteiger partial charge in [-0.1, -0.05) is 5.16 Å². The van der Waals surface area contributed by atoms with E-state index in [9.17, 15) is 48.3 Å². The molecule has 0 fully saturated rings. The second-order valence-electron chi connectivity index (χ2n) is 8.29. The normalized spacial score (nSPS) is 17.0. The molecule has 0 unspecified atom stereocenters. The molecule has 2 aromatic heterocycles. The van der Waals surface area contributed by atoms with E-state index in [0.29, 0.717) is 21.4 Å². The monoisotopic (exact) mass is 568 g/mol. The van der Waals surface area contributed by atoms with Crippen molar-refractivity contribution in [1.82, 2.24) is 19.0 Å². The van der Waals surface area contributed by atoms with Crippen LogP contribution in [0.4, 0.5) is 35.1 Å². The van der Waals surface area contributed by atoms with Gasteiger partial charge in [-0.25, -0.2) is 48.8 Å². The fourth-order valence-corrected chi connectivity index (χ4v) is 4.99. The van der Waals surface area contributed by atoms with Crippen LogP contribution in [0, 0.1) is 17.5 Å². The zero-order chi connectivity index (χ0) is 27.7. The molecule has 38 heavy (non-hydrogen) atoms. The van der Waals surface area contributed by atoms with E-state index in [-0.39, 0.29) is 12.1 Å². The number of fused-ring (bicyclic) bond motifs is 2. The minimum atomic E-state index is -4.73. The van der Waals surface area contributed by atoms with Crippen LogP contribution < -0.4 is 10.4 Å². The maximum absolute atomic E-state index is 15.0. The second-order valence-corrected chi connectivity index (χ2v) is 9.97. The van der Waals surface area contributed by atoms with E-state index in [2.05, 4.69) is 5.16 Å². The Morgan fingerprint density at radius 3 is 2.37 bits per heavy atom. The summed E-state index contributed by atoms with van der Waals surface area (Å²) in [5.41, 5.74) is -5.15. The van der Waals surface area contributed by atoms with Gasteiger partial charge in [0.1, 0.15) is 29.2 Å². The molecule has 202 valence electrons. The lowest BCUT2D eigenvalue weighted by Crippen LogP contribution is -2.45. The minimum Gasteiger partial charge on any atom is -0.354 e. The predicted molar refractivity (Wildman–Crippen MR) is 114 cm³/mol. The number of benzene rings is 2. The number of alkyl halides is 5. The first-order valence-electron chi connectivity index (χ1n) is 10.4. The Balaban J connectivity index is 1.72. The SMILES string of the molecule is O=c1n(-c2noc3cc(C(F)F)cc(-c4c(F)cc(F)cc4F)c23)cc2n1C[C@@H](NS(=O)(=O)CF)C2(F)F. The third-order valence-electron chi connectivity index (χ3n) is 5.92. The molecule has 1 aliphatic heterocycles. The van der Waals surface area contributed by atoms with Crippen LogP contribution in [0.1, 0.15) is 17.7 Å². The van der Waals surface area contributed by atoms with E-state index < -0.39 is 103 Å².